The maximum Gasteiger partial charge on any atom is 0.294 e. The van der Waals surface area contributed by atoms with Gasteiger partial charge < -0.3 is 10.6 Å². The van der Waals surface area contributed by atoms with Gasteiger partial charge in [0, 0.05) is 19.4 Å². The summed E-state index contributed by atoms with van der Waals surface area (Å²) in [5, 5.41) is 14.7. The van der Waals surface area contributed by atoms with Crippen molar-refractivity contribution in [2.45, 2.75) is 56.9 Å². The van der Waals surface area contributed by atoms with Crippen molar-refractivity contribution in [3.63, 3.8) is 0 Å². The molecule has 3 amide bonds. The predicted molar refractivity (Wildman–Crippen MR) is 142 cm³/mol. The second-order valence-electron chi connectivity index (χ2n) is 9.69. The number of aryl methyl sites for hydroxylation is 1. The highest BCUT2D eigenvalue weighted by atomic mass is 32.2. The number of nitrogens with one attached hydrogen (secondary N) is 3. The van der Waals surface area contributed by atoms with E-state index in [0.717, 1.165) is 5.56 Å². The van der Waals surface area contributed by atoms with Gasteiger partial charge in [0.1, 0.15) is 6.04 Å². The standard InChI is InChI=1S/C27H37N3O7S/c1-18(2)16-23(22(26(32)30-34)11-7-10-19-8-5-4-6-9-19)25(31)29-24(27(33)28-3)17-20-12-14-21(15-13-20)38(35,36)37/h4-6,8-9,12-15,18,22-24,34H,7,10-11,16-17H2,1-3H3,(H,28,33)(H,29,31)(H,30,32)(H,35,36,37)/t22?,23?,24-/m0/s1. The van der Waals surface area contributed by atoms with E-state index >= 15 is 0 Å². The Hall–Kier alpha value is -3.28. The van der Waals surface area contributed by atoms with Crippen LogP contribution in [0.4, 0.5) is 0 Å². The van der Waals surface area contributed by atoms with Gasteiger partial charge in [-0.25, -0.2) is 5.48 Å². The van der Waals surface area contributed by atoms with Crippen LogP contribution in [0.5, 0.6) is 0 Å². The van der Waals surface area contributed by atoms with Crippen LogP contribution in [0, 0.1) is 17.8 Å². The third-order valence-corrected chi connectivity index (χ3v) is 7.23. The van der Waals surface area contributed by atoms with Gasteiger partial charge in [-0.05, 0) is 54.9 Å². The summed E-state index contributed by atoms with van der Waals surface area (Å²) in [5.41, 5.74) is 3.35. The summed E-state index contributed by atoms with van der Waals surface area (Å²) in [7, 11) is -2.93. The lowest BCUT2D eigenvalue weighted by molar-refractivity contribution is -0.142. The van der Waals surface area contributed by atoms with Crippen LogP contribution in [0.3, 0.4) is 0 Å². The zero-order chi connectivity index (χ0) is 28.3. The molecule has 38 heavy (non-hydrogen) atoms. The molecular weight excluding hydrogens is 510 g/mol. The van der Waals surface area contributed by atoms with E-state index in [-0.39, 0.29) is 17.2 Å². The van der Waals surface area contributed by atoms with Crippen molar-refractivity contribution in [3.05, 3.63) is 65.7 Å². The van der Waals surface area contributed by atoms with Gasteiger partial charge in [0.15, 0.2) is 0 Å². The lowest BCUT2D eigenvalue weighted by atomic mass is 9.80. The molecule has 0 saturated heterocycles. The Morgan fingerprint density at radius 2 is 1.50 bits per heavy atom. The van der Waals surface area contributed by atoms with Crippen LogP contribution in [0.1, 0.15) is 44.2 Å². The normalized spacial score (nSPS) is 13.8. The summed E-state index contributed by atoms with van der Waals surface area (Å²) in [6, 6.07) is 14.1. The monoisotopic (exact) mass is 547 g/mol. The molecule has 0 heterocycles. The Labute approximate surface area is 223 Å². The molecule has 0 spiro atoms. The van der Waals surface area contributed by atoms with Crippen LogP contribution in [0.2, 0.25) is 0 Å². The van der Waals surface area contributed by atoms with Crippen LogP contribution in [-0.4, -0.2) is 49.0 Å². The van der Waals surface area contributed by atoms with E-state index in [2.05, 4.69) is 10.6 Å². The molecule has 2 unspecified atom stereocenters. The van der Waals surface area contributed by atoms with E-state index in [4.69, 9.17) is 0 Å². The molecule has 3 atom stereocenters. The summed E-state index contributed by atoms with van der Waals surface area (Å²) in [4.78, 5) is 38.5. The van der Waals surface area contributed by atoms with Gasteiger partial charge in [0.2, 0.25) is 17.7 Å². The molecule has 2 aromatic rings. The molecule has 208 valence electrons. The molecule has 0 fully saturated rings. The van der Waals surface area contributed by atoms with Crippen LogP contribution >= 0.6 is 0 Å². The summed E-state index contributed by atoms with van der Waals surface area (Å²) in [5.74, 6) is -3.17. The number of hydrogen-bond acceptors (Lipinski definition) is 6. The number of hydroxylamine groups is 1. The highest BCUT2D eigenvalue weighted by Gasteiger charge is 2.35. The van der Waals surface area contributed by atoms with Crippen molar-refractivity contribution < 1.29 is 32.6 Å². The van der Waals surface area contributed by atoms with Crippen molar-refractivity contribution in [3.8, 4) is 0 Å². The van der Waals surface area contributed by atoms with E-state index in [0.29, 0.717) is 31.2 Å². The second kappa shape index (κ2) is 14.6. The van der Waals surface area contributed by atoms with Gasteiger partial charge >= 0.3 is 0 Å². The average molecular weight is 548 g/mol. The molecule has 0 radical (unpaired) electrons. The fourth-order valence-electron chi connectivity index (χ4n) is 4.43. The lowest BCUT2D eigenvalue weighted by Gasteiger charge is -2.28. The highest BCUT2D eigenvalue weighted by Crippen LogP contribution is 2.27. The van der Waals surface area contributed by atoms with Gasteiger partial charge in [-0.2, -0.15) is 8.42 Å². The van der Waals surface area contributed by atoms with Crippen LogP contribution in [0.15, 0.2) is 59.5 Å². The van der Waals surface area contributed by atoms with Gasteiger partial charge in [-0.1, -0.05) is 56.3 Å². The molecule has 10 nitrogen and oxygen atoms in total. The number of likely N-dealkylation sites (N-methyl/N-ethyl adjacent to an activating group) is 1. The van der Waals surface area contributed by atoms with E-state index < -0.39 is 45.7 Å². The minimum Gasteiger partial charge on any atom is -0.357 e. The number of benzene rings is 2. The number of carbonyl (C=O) groups excluding carboxylic acids is 3. The number of hydrogen-bond donors (Lipinski definition) is 5. The molecular formula is C27H37N3O7S. The van der Waals surface area contributed by atoms with Crippen molar-refractivity contribution in [1.29, 1.82) is 0 Å². The first-order chi connectivity index (χ1) is 18.0. The van der Waals surface area contributed by atoms with Crippen LogP contribution in [-0.2, 0) is 37.3 Å². The Morgan fingerprint density at radius 3 is 2.03 bits per heavy atom. The fraction of sp³-hybridized carbons (Fsp3) is 0.444. The number of carbonyl (C=O) groups is 3. The largest absolute Gasteiger partial charge is 0.357 e. The summed E-state index contributed by atoms with van der Waals surface area (Å²) >= 11 is 0. The van der Waals surface area contributed by atoms with Gasteiger partial charge in [0.25, 0.3) is 10.1 Å². The number of rotatable bonds is 14. The maximum atomic E-state index is 13.5. The Kier molecular flexibility index (Phi) is 11.9. The molecule has 2 rings (SSSR count). The SMILES string of the molecule is CNC(=O)[C@H](Cc1ccc(S(=O)(=O)O)cc1)NC(=O)C(CC(C)C)C(CCCc1ccccc1)C(=O)NO. The molecule has 11 heteroatoms. The van der Waals surface area contributed by atoms with Crippen molar-refractivity contribution in [2.75, 3.05) is 7.05 Å². The molecule has 5 N–H and O–H groups in total. The van der Waals surface area contributed by atoms with E-state index in [1.807, 2.05) is 44.2 Å². The minimum atomic E-state index is -4.36. The Bertz CT molecular complexity index is 1170. The molecule has 2 aromatic carbocycles. The van der Waals surface area contributed by atoms with E-state index in [1.54, 1.807) is 5.48 Å². The smallest absolute Gasteiger partial charge is 0.294 e. The van der Waals surface area contributed by atoms with Crippen molar-refractivity contribution in [2.24, 2.45) is 17.8 Å². The molecule has 0 aliphatic heterocycles. The summed E-state index contributed by atoms with van der Waals surface area (Å²) in [6.07, 6.45) is 2.08. The average Bonchev–Trinajstić information content (AvgIpc) is 2.89. The van der Waals surface area contributed by atoms with Gasteiger partial charge in [-0.3, -0.25) is 24.1 Å². The predicted octanol–water partition coefficient (Wildman–Crippen LogP) is 2.51. The first-order valence-electron chi connectivity index (χ1n) is 12.5. The zero-order valence-corrected chi connectivity index (χ0v) is 22.7. The molecule has 0 aromatic heterocycles. The Morgan fingerprint density at radius 1 is 0.868 bits per heavy atom. The molecule has 0 bridgehead atoms. The van der Waals surface area contributed by atoms with Crippen molar-refractivity contribution >= 4 is 27.8 Å². The lowest BCUT2D eigenvalue weighted by Crippen LogP contribution is -2.51. The fourth-order valence-corrected chi connectivity index (χ4v) is 4.91. The Balaban J connectivity index is 2.23. The third-order valence-electron chi connectivity index (χ3n) is 6.36. The maximum absolute atomic E-state index is 13.5. The topological polar surface area (TPSA) is 162 Å². The first-order valence-corrected chi connectivity index (χ1v) is 14.0. The third kappa shape index (κ3) is 9.55. The van der Waals surface area contributed by atoms with E-state index in [9.17, 15) is 32.6 Å². The number of amides is 3. The van der Waals surface area contributed by atoms with Crippen LogP contribution < -0.4 is 16.1 Å². The summed E-state index contributed by atoms with van der Waals surface area (Å²) in [6.45, 7) is 3.84. The van der Waals surface area contributed by atoms with Gasteiger partial charge in [-0.15, -0.1) is 0 Å². The zero-order valence-electron chi connectivity index (χ0n) is 21.9. The molecule has 0 aliphatic carbocycles. The highest BCUT2D eigenvalue weighted by molar-refractivity contribution is 7.85. The molecule has 0 saturated carbocycles. The quantitative estimate of drug-likeness (QED) is 0.138. The van der Waals surface area contributed by atoms with Crippen LogP contribution in [0.25, 0.3) is 0 Å². The first kappa shape index (κ1) is 30.9. The molecule has 0 aliphatic rings. The summed E-state index contributed by atoms with van der Waals surface area (Å²) < 4.78 is 31.8. The van der Waals surface area contributed by atoms with Gasteiger partial charge in [0.05, 0.1) is 10.8 Å². The second-order valence-corrected chi connectivity index (χ2v) is 11.1. The van der Waals surface area contributed by atoms with E-state index in [1.165, 1.54) is 31.3 Å². The van der Waals surface area contributed by atoms with Crippen molar-refractivity contribution in [1.82, 2.24) is 16.1 Å². The minimum absolute atomic E-state index is 0.0520.